The van der Waals surface area contributed by atoms with Crippen molar-refractivity contribution in [2.45, 2.75) is 57.2 Å². The maximum atomic E-state index is 9.97. The molecule has 1 unspecified atom stereocenters. The van der Waals surface area contributed by atoms with Gasteiger partial charge in [-0.3, -0.25) is 0 Å². The van der Waals surface area contributed by atoms with Crippen molar-refractivity contribution in [2.75, 3.05) is 0 Å². The third-order valence-corrected chi connectivity index (χ3v) is 2.80. The van der Waals surface area contributed by atoms with Crippen LogP contribution in [0, 0.1) is 0 Å². The molecule has 0 aromatic carbocycles. The Morgan fingerprint density at radius 3 is 2.80 bits per heavy atom. The van der Waals surface area contributed by atoms with E-state index in [2.05, 4.69) is 13.0 Å². The van der Waals surface area contributed by atoms with Crippen molar-refractivity contribution in [3.8, 4) is 0 Å². The SMILES string of the molecule is CCCCC/C=C/C[C@]1(O)C=CC(O)C1. The summed E-state index contributed by atoms with van der Waals surface area (Å²) < 4.78 is 0. The standard InChI is InChI=1S/C13H22O2/c1-2-3-4-5-6-7-9-13(15)10-8-12(14)11-13/h6-8,10,12,14-15H,2-5,9,11H2,1H3/b7-6+/t12?,13-/m0/s1. The van der Waals surface area contributed by atoms with E-state index < -0.39 is 11.7 Å². The van der Waals surface area contributed by atoms with Crippen LogP contribution < -0.4 is 0 Å². The van der Waals surface area contributed by atoms with E-state index >= 15 is 0 Å². The minimum Gasteiger partial charge on any atom is -0.389 e. The molecule has 0 radical (unpaired) electrons. The van der Waals surface area contributed by atoms with E-state index in [1.807, 2.05) is 6.08 Å². The van der Waals surface area contributed by atoms with Gasteiger partial charge in [-0.05, 0) is 19.3 Å². The zero-order chi connectivity index (χ0) is 11.1. The highest BCUT2D eigenvalue weighted by Gasteiger charge is 2.29. The van der Waals surface area contributed by atoms with Crippen LogP contribution in [0.3, 0.4) is 0 Å². The Hall–Kier alpha value is -0.600. The maximum Gasteiger partial charge on any atom is 0.0890 e. The second kappa shape index (κ2) is 6.09. The molecule has 0 spiro atoms. The molecular weight excluding hydrogens is 188 g/mol. The molecule has 0 bridgehead atoms. The second-order valence-electron chi connectivity index (χ2n) is 4.41. The Morgan fingerprint density at radius 2 is 2.20 bits per heavy atom. The number of aliphatic hydroxyl groups excluding tert-OH is 1. The zero-order valence-corrected chi connectivity index (χ0v) is 9.52. The van der Waals surface area contributed by atoms with Gasteiger partial charge in [-0.1, -0.05) is 44.1 Å². The second-order valence-corrected chi connectivity index (χ2v) is 4.41. The molecule has 0 fully saturated rings. The highest BCUT2D eigenvalue weighted by Crippen LogP contribution is 2.26. The van der Waals surface area contributed by atoms with Gasteiger partial charge >= 0.3 is 0 Å². The molecule has 1 aliphatic rings. The van der Waals surface area contributed by atoms with Crippen LogP contribution in [0.2, 0.25) is 0 Å². The van der Waals surface area contributed by atoms with E-state index in [-0.39, 0.29) is 0 Å². The van der Waals surface area contributed by atoms with Gasteiger partial charge in [0.1, 0.15) is 0 Å². The van der Waals surface area contributed by atoms with E-state index in [0.29, 0.717) is 12.8 Å². The Kier molecular flexibility index (Phi) is 5.06. The van der Waals surface area contributed by atoms with Crippen molar-refractivity contribution in [3.05, 3.63) is 24.3 Å². The van der Waals surface area contributed by atoms with Crippen molar-refractivity contribution in [1.29, 1.82) is 0 Å². The van der Waals surface area contributed by atoms with E-state index in [0.717, 1.165) is 6.42 Å². The van der Waals surface area contributed by atoms with Crippen LogP contribution in [0.1, 0.15) is 45.4 Å². The number of aliphatic hydroxyl groups is 2. The molecule has 15 heavy (non-hydrogen) atoms. The first-order valence-electron chi connectivity index (χ1n) is 5.91. The van der Waals surface area contributed by atoms with Crippen molar-refractivity contribution < 1.29 is 10.2 Å². The first-order chi connectivity index (χ1) is 7.16. The van der Waals surface area contributed by atoms with Gasteiger partial charge in [-0.25, -0.2) is 0 Å². The lowest BCUT2D eigenvalue weighted by atomic mass is 9.98. The lowest BCUT2D eigenvalue weighted by molar-refractivity contribution is 0.0607. The summed E-state index contributed by atoms with van der Waals surface area (Å²) in [4.78, 5) is 0. The summed E-state index contributed by atoms with van der Waals surface area (Å²) in [6.07, 6.45) is 13.0. The minimum atomic E-state index is -0.805. The van der Waals surface area contributed by atoms with Crippen LogP contribution in [-0.2, 0) is 0 Å². The van der Waals surface area contributed by atoms with Crippen molar-refractivity contribution in [2.24, 2.45) is 0 Å². The molecule has 0 aliphatic heterocycles. The number of unbranched alkanes of at least 4 members (excludes halogenated alkanes) is 3. The third-order valence-electron chi connectivity index (χ3n) is 2.80. The van der Waals surface area contributed by atoms with Crippen molar-refractivity contribution in [1.82, 2.24) is 0 Å². The molecule has 0 aromatic rings. The predicted molar refractivity (Wildman–Crippen MR) is 62.6 cm³/mol. The van der Waals surface area contributed by atoms with Gasteiger partial charge in [0.25, 0.3) is 0 Å². The highest BCUT2D eigenvalue weighted by atomic mass is 16.3. The first-order valence-corrected chi connectivity index (χ1v) is 5.91. The number of hydrogen-bond acceptors (Lipinski definition) is 2. The summed E-state index contributed by atoms with van der Waals surface area (Å²) >= 11 is 0. The fourth-order valence-electron chi connectivity index (χ4n) is 1.86. The van der Waals surface area contributed by atoms with Crippen molar-refractivity contribution in [3.63, 3.8) is 0 Å². The normalized spacial score (nSPS) is 30.5. The molecule has 1 aliphatic carbocycles. The molecule has 2 atom stereocenters. The van der Waals surface area contributed by atoms with E-state index in [9.17, 15) is 10.2 Å². The number of hydrogen-bond donors (Lipinski definition) is 2. The summed E-state index contributed by atoms with van der Waals surface area (Å²) in [5, 5.41) is 19.2. The van der Waals surface area contributed by atoms with Crippen LogP contribution >= 0.6 is 0 Å². The predicted octanol–water partition coefficient (Wildman–Crippen LogP) is 2.56. The highest BCUT2D eigenvalue weighted by molar-refractivity contribution is 5.14. The largest absolute Gasteiger partial charge is 0.389 e. The summed E-state index contributed by atoms with van der Waals surface area (Å²) in [5.41, 5.74) is -0.805. The average Bonchev–Trinajstić information content (AvgIpc) is 2.53. The molecule has 86 valence electrons. The molecule has 0 heterocycles. The number of rotatable bonds is 6. The summed E-state index contributed by atoms with van der Waals surface area (Å²) in [7, 11) is 0. The van der Waals surface area contributed by atoms with E-state index in [1.165, 1.54) is 19.3 Å². The third kappa shape index (κ3) is 4.63. The fraction of sp³-hybridized carbons (Fsp3) is 0.692. The van der Waals surface area contributed by atoms with Gasteiger partial charge in [0.15, 0.2) is 0 Å². The molecule has 0 aromatic heterocycles. The first kappa shape index (κ1) is 12.5. The quantitative estimate of drug-likeness (QED) is 0.522. The number of allylic oxidation sites excluding steroid dienone is 1. The average molecular weight is 210 g/mol. The molecule has 0 amide bonds. The molecule has 0 saturated heterocycles. The van der Waals surface area contributed by atoms with Crippen LogP contribution in [0.5, 0.6) is 0 Å². The Morgan fingerprint density at radius 1 is 1.40 bits per heavy atom. The van der Waals surface area contributed by atoms with Crippen LogP contribution in [-0.4, -0.2) is 21.9 Å². The molecule has 0 saturated carbocycles. The lowest BCUT2D eigenvalue weighted by Crippen LogP contribution is -2.24. The van der Waals surface area contributed by atoms with Crippen molar-refractivity contribution >= 4 is 0 Å². The lowest BCUT2D eigenvalue weighted by Gasteiger charge is -2.18. The molecule has 1 rings (SSSR count). The maximum absolute atomic E-state index is 9.97. The Balaban J connectivity index is 2.16. The van der Waals surface area contributed by atoms with Gasteiger partial charge < -0.3 is 10.2 Å². The molecule has 2 N–H and O–H groups in total. The van der Waals surface area contributed by atoms with E-state index in [1.54, 1.807) is 12.2 Å². The molecular formula is C13H22O2. The monoisotopic (exact) mass is 210 g/mol. The summed E-state index contributed by atoms with van der Waals surface area (Å²) in [6.45, 7) is 2.19. The van der Waals surface area contributed by atoms with Gasteiger partial charge in [-0.15, -0.1) is 0 Å². The smallest absolute Gasteiger partial charge is 0.0890 e. The van der Waals surface area contributed by atoms with Crippen LogP contribution in [0.4, 0.5) is 0 Å². The summed E-state index contributed by atoms with van der Waals surface area (Å²) in [6, 6.07) is 0. The molecule has 2 nitrogen and oxygen atoms in total. The summed E-state index contributed by atoms with van der Waals surface area (Å²) in [5.74, 6) is 0. The molecule has 2 heteroatoms. The minimum absolute atomic E-state index is 0.437. The Bertz CT molecular complexity index is 233. The van der Waals surface area contributed by atoms with Gasteiger partial charge in [0.05, 0.1) is 11.7 Å². The van der Waals surface area contributed by atoms with Gasteiger partial charge in [0, 0.05) is 6.42 Å². The van der Waals surface area contributed by atoms with Gasteiger partial charge in [0.2, 0.25) is 0 Å². The van der Waals surface area contributed by atoms with Gasteiger partial charge in [-0.2, -0.15) is 0 Å². The fourth-order valence-corrected chi connectivity index (χ4v) is 1.86. The van der Waals surface area contributed by atoms with Crippen LogP contribution in [0.15, 0.2) is 24.3 Å². The van der Waals surface area contributed by atoms with Crippen LogP contribution in [0.25, 0.3) is 0 Å². The zero-order valence-electron chi connectivity index (χ0n) is 9.52. The van der Waals surface area contributed by atoms with E-state index in [4.69, 9.17) is 0 Å². The Labute approximate surface area is 92.3 Å². The topological polar surface area (TPSA) is 40.5 Å².